The molecule has 152 valence electrons. The van der Waals surface area contributed by atoms with E-state index >= 15 is 0 Å². The summed E-state index contributed by atoms with van der Waals surface area (Å²) in [6.45, 7) is -0.755. The van der Waals surface area contributed by atoms with Crippen molar-refractivity contribution in [3.05, 3.63) is 81.2 Å². The summed E-state index contributed by atoms with van der Waals surface area (Å²) in [5, 5.41) is 21.5. The van der Waals surface area contributed by atoms with Crippen LogP contribution in [-0.4, -0.2) is 35.2 Å². The Morgan fingerprint density at radius 1 is 1.07 bits per heavy atom. The molecule has 0 fully saturated rings. The summed E-state index contributed by atoms with van der Waals surface area (Å²) in [5.74, 6) is -1.51. The minimum absolute atomic E-state index is 0.0130. The Kier molecular flexibility index (Phi) is 5.20. The highest BCUT2D eigenvalue weighted by Crippen LogP contribution is 2.44. The van der Waals surface area contributed by atoms with Crippen LogP contribution in [0.4, 0.5) is 15.5 Å². The number of anilines is 1. The van der Waals surface area contributed by atoms with Gasteiger partial charge in [-0.05, 0) is 33.7 Å². The molecular formula is C21H16N2O6S. The predicted molar refractivity (Wildman–Crippen MR) is 111 cm³/mol. The third kappa shape index (κ3) is 3.50. The van der Waals surface area contributed by atoms with Crippen molar-refractivity contribution in [3.8, 4) is 11.1 Å². The number of amides is 1. The van der Waals surface area contributed by atoms with E-state index in [1.165, 1.54) is 11.4 Å². The maximum absolute atomic E-state index is 12.8. The molecule has 0 saturated heterocycles. The lowest BCUT2D eigenvalue weighted by atomic mass is 9.98. The van der Waals surface area contributed by atoms with Crippen LogP contribution < -0.4 is 4.90 Å². The first-order chi connectivity index (χ1) is 14.5. The quantitative estimate of drug-likeness (QED) is 0.461. The first-order valence-electron chi connectivity index (χ1n) is 9.03. The molecule has 1 aromatic heterocycles. The zero-order valence-electron chi connectivity index (χ0n) is 15.6. The molecule has 8 nitrogen and oxygen atoms in total. The highest BCUT2D eigenvalue weighted by Gasteiger charge is 2.32. The number of nitrogens with zero attached hydrogens (tertiary/aromatic N) is 2. The lowest BCUT2D eigenvalue weighted by Crippen LogP contribution is -2.37. The van der Waals surface area contributed by atoms with Crippen molar-refractivity contribution >= 4 is 34.1 Å². The van der Waals surface area contributed by atoms with E-state index in [1.54, 1.807) is 0 Å². The van der Waals surface area contributed by atoms with Crippen molar-refractivity contribution in [2.24, 2.45) is 0 Å². The largest absolute Gasteiger partial charge is 0.480 e. The molecule has 4 rings (SSSR count). The smallest absolute Gasteiger partial charge is 0.415 e. The summed E-state index contributed by atoms with van der Waals surface area (Å²) < 4.78 is 5.47. The van der Waals surface area contributed by atoms with Gasteiger partial charge in [-0.15, -0.1) is 0 Å². The predicted octanol–water partition coefficient (Wildman–Crippen LogP) is 4.50. The number of hydrogen-bond donors (Lipinski definition) is 1. The van der Waals surface area contributed by atoms with Crippen molar-refractivity contribution in [1.29, 1.82) is 0 Å². The van der Waals surface area contributed by atoms with Gasteiger partial charge >= 0.3 is 17.1 Å². The lowest BCUT2D eigenvalue weighted by Gasteiger charge is -2.20. The van der Waals surface area contributed by atoms with E-state index in [2.05, 4.69) is 0 Å². The summed E-state index contributed by atoms with van der Waals surface area (Å²) in [7, 11) is 0. The van der Waals surface area contributed by atoms with E-state index in [0.29, 0.717) is 0 Å². The highest BCUT2D eigenvalue weighted by molar-refractivity contribution is 7.14. The normalized spacial score (nSPS) is 12.1. The van der Waals surface area contributed by atoms with Gasteiger partial charge in [0.1, 0.15) is 18.8 Å². The molecule has 9 heteroatoms. The van der Waals surface area contributed by atoms with E-state index < -0.39 is 23.5 Å². The van der Waals surface area contributed by atoms with Crippen LogP contribution in [0.2, 0.25) is 0 Å². The number of fused-ring (bicyclic) bond motifs is 3. The van der Waals surface area contributed by atoms with Gasteiger partial charge in [0, 0.05) is 5.92 Å². The van der Waals surface area contributed by atoms with Crippen molar-refractivity contribution in [2.45, 2.75) is 5.92 Å². The number of aliphatic carboxylic acids is 1. The average molecular weight is 424 g/mol. The zero-order chi connectivity index (χ0) is 21.3. The maximum atomic E-state index is 12.8. The van der Waals surface area contributed by atoms with Gasteiger partial charge in [-0.2, -0.15) is 0 Å². The van der Waals surface area contributed by atoms with E-state index in [9.17, 15) is 24.8 Å². The van der Waals surface area contributed by atoms with E-state index in [1.807, 2.05) is 48.5 Å². The second-order valence-electron chi connectivity index (χ2n) is 6.65. The summed E-state index contributed by atoms with van der Waals surface area (Å²) in [6, 6.07) is 17.0. The van der Waals surface area contributed by atoms with Gasteiger partial charge in [-0.1, -0.05) is 59.9 Å². The van der Waals surface area contributed by atoms with Crippen LogP contribution in [0.3, 0.4) is 0 Å². The second-order valence-corrected chi connectivity index (χ2v) is 7.55. The standard InChI is InChI=1S/C21H16N2O6S/c24-19(25)11-22(18-9-10-30-20(18)23(27)28)21(26)29-12-17-15-7-3-1-5-13(15)14-6-2-4-8-16(14)17/h1-10,17H,11-12H2,(H,24,25). The first-order valence-corrected chi connectivity index (χ1v) is 9.91. The van der Waals surface area contributed by atoms with Gasteiger partial charge in [-0.3, -0.25) is 19.8 Å². The fourth-order valence-electron chi connectivity index (χ4n) is 3.69. The molecule has 0 spiro atoms. The van der Waals surface area contributed by atoms with E-state index in [0.717, 1.165) is 38.5 Å². The van der Waals surface area contributed by atoms with Crippen LogP contribution in [0.15, 0.2) is 60.0 Å². The molecule has 1 aliphatic rings. The summed E-state index contributed by atoms with van der Waals surface area (Å²) in [4.78, 5) is 35.4. The van der Waals surface area contributed by atoms with E-state index in [-0.39, 0.29) is 23.2 Å². The summed E-state index contributed by atoms with van der Waals surface area (Å²) in [6.07, 6.45) is -0.944. The van der Waals surface area contributed by atoms with Crippen molar-refractivity contribution in [3.63, 3.8) is 0 Å². The molecule has 1 N–H and O–H groups in total. The molecule has 3 aromatic rings. The Hall–Kier alpha value is -3.72. The molecule has 1 amide bonds. The van der Waals surface area contributed by atoms with Gasteiger partial charge in [0.05, 0.1) is 4.92 Å². The minimum Gasteiger partial charge on any atom is -0.480 e. The molecule has 30 heavy (non-hydrogen) atoms. The number of ether oxygens (including phenoxy) is 1. The average Bonchev–Trinajstić information content (AvgIpc) is 3.33. The first kappa shape index (κ1) is 19.6. The molecule has 2 aromatic carbocycles. The Morgan fingerprint density at radius 2 is 1.67 bits per heavy atom. The molecule has 0 unspecified atom stereocenters. The minimum atomic E-state index is -1.30. The van der Waals surface area contributed by atoms with E-state index in [4.69, 9.17) is 4.74 Å². The van der Waals surface area contributed by atoms with Crippen molar-refractivity contribution in [2.75, 3.05) is 18.1 Å². The molecule has 0 aliphatic heterocycles. The maximum Gasteiger partial charge on any atom is 0.415 e. The van der Waals surface area contributed by atoms with Gasteiger partial charge in [0.2, 0.25) is 0 Å². The van der Waals surface area contributed by atoms with Crippen molar-refractivity contribution in [1.82, 2.24) is 0 Å². The summed E-state index contributed by atoms with van der Waals surface area (Å²) in [5.41, 5.74) is 4.05. The fraction of sp³-hybridized carbons (Fsp3) is 0.143. The van der Waals surface area contributed by atoms with Crippen LogP contribution in [-0.2, 0) is 9.53 Å². The third-order valence-corrected chi connectivity index (χ3v) is 5.78. The van der Waals surface area contributed by atoms with Crippen LogP contribution in [0.5, 0.6) is 0 Å². The fourth-order valence-corrected chi connectivity index (χ4v) is 4.40. The Labute approximate surface area is 175 Å². The van der Waals surface area contributed by atoms with Crippen molar-refractivity contribution < 1.29 is 24.4 Å². The second kappa shape index (κ2) is 7.96. The molecule has 0 saturated carbocycles. The number of carboxylic acids is 1. The molecule has 1 aliphatic carbocycles. The molecule has 0 atom stereocenters. The molecular weight excluding hydrogens is 408 g/mol. The molecule has 0 radical (unpaired) electrons. The number of carboxylic acid groups (broad SMARTS) is 1. The number of thiophene rings is 1. The third-order valence-electron chi connectivity index (χ3n) is 4.93. The lowest BCUT2D eigenvalue weighted by molar-refractivity contribution is -0.379. The SMILES string of the molecule is O=C(O)CN(C(=O)OCC1c2ccccc2-c2ccccc21)c1ccsc1[N+](=O)[O-]. The number of carbonyl (C=O) groups excluding carboxylic acids is 1. The van der Waals surface area contributed by atoms with Gasteiger partial charge in [-0.25, -0.2) is 4.79 Å². The molecule has 0 bridgehead atoms. The monoisotopic (exact) mass is 424 g/mol. The summed E-state index contributed by atoms with van der Waals surface area (Å²) >= 11 is 0.814. The van der Waals surface area contributed by atoms with Gasteiger partial charge in [0.15, 0.2) is 0 Å². The van der Waals surface area contributed by atoms with Crippen LogP contribution in [0, 0.1) is 10.1 Å². The molecule has 1 heterocycles. The number of benzene rings is 2. The Bertz CT molecular complexity index is 1100. The van der Waals surface area contributed by atoms with Crippen LogP contribution in [0.25, 0.3) is 11.1 Å². The van der Waals surface area contributed by atoms with Crippen LogP contribution in [0.1, 0.15) is 17.0 Å². The number of carbonyl (C=O) groups is 2. The highest BCUT2D eigenvalue weighted by atomic mass is 32.1. The van der Waals surface area contributed by atoms with Gasteiger partial charge < -0.3 is 9.84 Å². The number of hydrogen-bond acceptors (Lipinski definition) is 6. The number of rotatable bonds is 6. The zero-order valence-corrected chi connectivity index (χ0v) is 16.4. The van der Waals surface area contributed by atoms with Gasteiger partial charge in [0.25, 0.3) is 0 Å². The number of nitro groups is 1. The van der Waals surface area contributed by atoms with Crippen LogP contribution >= 0.6 is 11.3 Å². The Morgan fingerprint density at radius 3 is 2.23 bits per heavy atom. The topological polar surface area (TPSA) is 110 Å². The Balaban J connectivity index is 1.59.